The van der Waals surface area contributed by atoms with Gasteiger partial charge in [0.25, 0.3) is 0 Å². The standard InChI is InChI=1S/C13H26N2O/c1-2-8-12(14)13(16)15-11-9-6-4-3-5-7-10-11/h11-12H,2-10,14H2,1H3,(H,15,16). The monoisotopic (exact) mass is 226 g/mol. The topological polar surface area (TPSA) is 55.1 Å². The van der Waals surface area contributed by atoms with Crippen LogP contribution in [0.2, 0.25) is 0 Å². The second kappa shape index (κ2) is 7.66. The van der Waals surface area contributed by atoms with Crippen LogP contribution in [0.3, 0.4) is 0 Å². The Morgan fingerprint density at radius 3 is 2.38 bits per heavy atom. The second-order valence-corrected chi connectivity index (χ2v) is 4.95. The van der Waals surface area contributed by atoms with Crippen LogP contribution < -0.4 is 11.1 Å². The molecule has 0 spiro atoms. The number of hydrogen-bond donors (Lipinski definition) is 2. The van der Waals surface area contributed by atoms with Gasteiger partial charge in [-0.05, 0) is 19.3 Å². The molecule has 1 atom stereocenters. The molecule has 1 rings (SSSR count). The van der Waals surface area contributed by atoms with E-state index in [2.05, 4.69) is 12.2 Å². The Hall–Kier alpha value is -0.570. The molecule has 0 heterocycles. The molecule has 94 valence electrons. The summed E-state index contributed by atoms with van der Waals surface area (Å²) in [6.45, 7) is 2.06. The number of amides is 1. The lowest BCUT2D eigenvalue weighted by atomic mass is 9.96. The van der Waals surface area contributed by atoms with Gasteiger partial charge in [-0.15, -0.1) is 0 Å². The Kier molecular flexibility index (Phi) is 6.46. The Morgan fingerprint density at radius 2 is 1.81 bits per heavy atom. The first kappa shape index (κ1) is 13.5. The van der Waals surface area contributed by atoms with Crippen LogP contribution in [-0.2, 0) is 4.79 Å². The Labute approximate surface area is 99.2 Å². The van der Waals surface area contributed by atoms with Crippen molar-refractivity contribution in [3.05, 3.63) is 0 Å². The minimum atomic E-state index is -0.310. The number of nitrogens with one attached hydrogen (secondary N) is 1. The van der Waals surface area contributed by atoms with Crippen molar-refractivity contribution >= 4 is 5.91 Å². The summed E-state index contributed by atoms with van der Waals surface area (Å²) in [6.07, 6.45) is 10.5. The summed E-state index contributed by atoms with van der Waals surface area (Å²) in [6, 6.07) is 0.0612. The first-order valence-corrected chi connectivity index (χ1v) is 6.80. The molecule has 1 aliphatic carbocycles. The molecule has 16 heavy (non-hydrogen) atoms. The fourth-order valence-electron chi connectivity index (χ4n) is 2.35. The lowest BCUT2D eigenvalue weighted by molar-refractivity contribution is -0.123. The maximum atomic E-state index is 11.8. The average molecular weight is 226 g/mol. The maximum Gasteiger partial charge on any atom is 0.237 e. The Balaban J connectivity index is 2.29. The predicted octanol–water partition coefficient (Wildman–Crippen LogP) is 2.34. The van der Waals surface area contributed by atoms with Gasteiger partial charge < -0.3 is 11.1 Å². The molecule has 0 bridgehead atoms. The number of carbonyl (C=O) groups is 1. The van der Waals surface area contributed by atoms with Crippen molar-refractivity contribution in [1.29, 1.82) is 0 Å². The lowest BCUT2D eigenvalue weighted by Crippen LogP contribution is -2.45. The van der Waals surface area contributed by atoms with E-state index in [0.29, 0.717) is 6.04 Å². The number of carbonyl (C=O) groups excluding carboxylic acids is 1. The quantitative estimate of drug-likeness (QED) is 0.773. The van der Waals surface area contributed by atoms with Crippen LogP contribution in [0.15, 0.2) is 0 Å². The van der Waals surface area contributed by atoms with Gasteiger partial charge in [-0.3, -0.25) is 4.79 Å². The van der Waals surface area contributed by atoms with E-state index < -0.39 is 0 Å². The first-order valence-electron chi connectivity index (χ1n) is 6.80. The molecule has 0 aliphatic heterocycles. The minimum absolute atomic E-state index is 0.0485. The van der Waals surface area contributed by atoms with E-state index in [1.807, 2.05) is 0 Å². The summed E-state index contributed by atoms with van der Waals surface area (Å²) >= 11 is 0. The fraction of sp³-hybridized carbons (Fsp3) is 0.923. The first-order chi connectivity index (χ1) is 7.74. The van der Waals surface area contributed by atoms with E-state index in [-0.39, 0.29) is 11.9 Å². The van der Waals surface area contributed by atoms with Crippen LogP contribution in [0.5, 0.6) is 0 Å². The van der Waals surface area contributed by atoms with Crippen molar-refractivity contribution in [2.75, 3.05) is 0 Å². The van der Waals surface area contributed by atoms with Crippen LogP contribution in [0.25, 0.3) is 0 Å². The van der Waals surface area contributed by atoms with E-state index in [4.69, 9.17) is 5.73 Å². The summed E-state index contributed by atoms with van der Waals surface area (Å²) in [7, 11) is 0. The van der Waals surface area contributed by atoms with Gasteiger partial charge in [0.1, 0.15) is 0 Å². The van der Waals surface area contributed by atoms with E-state index in [9.17, 15) is 4.79 Å². The highest BCUT2D eigenvalue weighted by atomic mass is 16.2. The van der Waals surface area contributed by atoms with Crippen molar-refractivity contribution < 1.29 is 4.79 Å². The number of rotatable bonds is 4. The van der Waals surface area contributed by atoms with E-state index >= 15 is 0 Å². The second-order valence-electron chi connectivity index (χ2n) is 4.95. The fourth-order valence-corrected chi connectivity index (χ4v) is 2.35. The lowest BCUT2D eigenvalue weighted by Gasteiger charge is -2.22. The predicted molar refractivity (Wildman–Crippen MR) is 67.1 cm³/mol. The molecule has 0 radical (unpaired) electrons. The third-order valence-electron chi connectivity index (χ3n) is 3.39. The van der Waals surface area contributed by atoms with Crippen LogP contribution in [-0.4, -0.2) is 18.0 Å². The molecule has 0 aromatic rings. The maximum absolute atomic E-state index is 11.8. The van der Waals surface area contributed by atoms with Crippen molar-refractivity contribution in [2.45, 2.75) is 76.8 Å². The van der Waals surface area contributed by atoms with Gasteiger partial charge in [0.15, 0.2) is 0 Å². The van der Waals surface area contributed by atoms with Crippen molar-refractivity contribution in [3.63, 3.8) is 0 Å². The minimum Gasteiger partial charge on any atom is -0.352 e. The van der Waals surface area contributed by atoms with Gasteiger partial charge >= 0.3 is 0 Å². The van der Waals surface area contributed by atoms with Crippen molar-refractivity contribution in [3.8, 4) is 0 Å². The third kappa shape index (κ3) is 4.97. The molecule has 1 saturated carbocycles. The largest absolute Gasteiger partial charge is 0.352 e. The van der Waals surface area contributed by atoms with Crippen LogP contribution in [0, 0.1) is 0 Å². The van der Waals surface area contributed by atoms with Gasteiger partial charge in [-0.1, -0.05) is 45.4 Å². The Bertz CT molecular complexity index is 198. The number of nitrogens with two attached hydrogens (primary N) is 1. The highest BCUT2D eigenvalue weighted by molar-refractivity contribution is 5.81. The van der Waals surface area contributed by atoms with Gasteiger partial charge in [-0.25, -0.2) is 0 Å². The summed E-state index contributed by atoms with van der Waals surface area (Å²) in [4.78, 5) is 11.8. The van der Waals surface area contributed by atoms with Crippen LogP contribution in [0.4, 0.5) is 0 Å². The van der Waals surface area contributed by atoms with E-state index in [0.717, 1.165) is 25.7 Å². The smallest absolute Gasteiger partial charge is 0.237 e. The zero-order valence-corrected chi connectivity index (χ0v) is 10.5. The van der Waals surface area contributed by atoms with E-state index in [1.165, 1.54) is 32.1 Å². The summed E-state index contributed by atoms with van der Waals surface area (Å²) in [5, 5.41) is 3.11. The van der Waals surface area contributed by atoms with Gasteiger partial charge in [0, 0.05) is 6.04 Å². The zero-order chi connectivity index (χ0) is 11.8. The average Bonchev–Trinajstić information content (AvgIpc) is 2.22. The van der Waals surface area contributed by atoms with Crippen molar-refractivity contribution in [1.82, 2.24) is 5.32 Å². The molecule has 1 aliphatic rings. The molecule has 3 nitrogen and oxygen atoms in total. The zero-order valence-electron chi connectivity index (χ0n) is 10.5. The van der Waals surface area contributed by atoms with Gasteiger partial charge in [0.05, 0.1) is 6.04 Å². The number of hydrogen-bond acceptors (Lipinski definition) is 2. The molecule has 0 aromatic heterocycles. The Morgan fingerprint density at radius 1 is 1.25 bits per heavy atom. The molecular formula is C13H26N2O. The van der Waals surface area contributed by atoms with Gasteiger partial charge in [-0.2, -0.15) is 0 Å². The molecule has 0 saturated heterocycles. The van der Waals surface area contributed by atoms with E-state index in [1.54, 1.807) is 0 Å². The third-order valence-corrected chi connectivity index (χ3v) is 3.39. The van der Waals surface area contributed by atoms with Gasteiger partial charge in [0.2, 0.25) is 5.91 Å². The van der Waals surface area contributed by atoms with Crippen LogP contribution >= 0.6 is 0 Å². The highest BCUT2D eigenvalue weighted by Crippen LogP contribution is 2.17. The molecule has 1 fully saturated rings. The van der Waals surface area contributed by atoms with Crippen LogP contribution in [0.1, 0.15) is 64.7 Å². The normalized spacial score (nSPS) is 20.9. The molecular weight excluding hydrogens is 200 g/mol. The summed E-state index contributed by atoms with van der Waals surface area (Å²) in [5.74, 6) is 0.0485. The molecule has 3 N–H and O–H groups in total. The SMILES string of the molecule is CCCC(N)C(=O)NC1CCCCCCC1. The molecule has 1 amide bonds. The highest BCUT2D eigenvalue weighted by Gasteiger charge is 2.17. The molecule has 3 heteroatoms. The summed E-state index contributed by atoms with van der Waals surface area (Å²) in [5.41, 5.74) is 5.80. The molecule has 1 unspecified atom stereocenters. The molecule has 0 aromatic carbocycles. The summed E-state index contributed by atoms with van der Waals surface area (Å²) < 4.78 is 0. The van der Waals surface area contributed by atoms with Crippen molar-refractivity contribution in [2.24, 2.45) is 5.73 Å².